The number of imide groups is 1. The van der Waals surface area contributed by atoms with Crippen LogP contribution in [-0.2, 0) is 25.7 Å². The number of hydrogen-bond acceptors (Lipinski definition) is 9. The molecule has 13 heteroatoms. The van der Waals surface area contributed by atoms with Crippen LogP contribution in [0.4, 0.5) is 21.9 Å². The Morgan fingerprint density at radius 1 is 0.870 bits per heavy atom. The molecule has 1 aromatic heterocycles. The Morgan fingerprint density at radius 3 is 2.50 bits per heavy atom. The smallest absolute Gasteiger partial charge is 0.294 e. The van der Waals surface area contributed by atoms with Gasteiger partial charge in [-0.2, -0.15) is 0 Å². The van der Waals surface area contributed by atoms with Gasteiger partial charge in [0.2, 0.25) is 18.6 Å². The number of nitrogens with zero attached hydrogens (tertiary/aromatic N) is 3. The molecule has 3 aliphatic rings. The minimum absolute atomic E-state index is 0.0103. The lowest BCUT2D eigenvalue weighted by molar-refractivity contribution is -0.127. The second-order valence-corrected chi connectivity index (χ2v) is 11.8. The van der Waals surface area contributed by atoms with E-state index < -0.39 is 23.6 Å². The summed E-state index contributed by atoms with van der Waals surface area (Å²) in [4.78, 5) is 55.5. The first kappa shape index (κ1) is 29.4. The van der Waals surface area contributed by atoms with Gasteiger partial charge in [-0.25, -0.2) is 0 Å². The molecule has 2 saturated heterocycles. The van der Waals surface area contributed by atoms with Crippen LogP contribution in [0.3, 0.4) is 0 Å². The standard InChI is InChI=1S/C33H29N5O7S/c39-30(34-22-9-10-27-28(16-22)45-20-44-27)18-37-17-21(23-5-1-3-7-25(23)37)15-29-32(41)38(33(42)46-29)19-31(40)35-24-6-2-4-8-26(24)36-11-13-43-14-12-36/h1-10,15-17H,11-14,18-20H2,(H,34,39)(H,35,40)/b29-15-. The molecule has 3 aliphatic heterocycles. The van der Waals surface area contributed by atoms with Gasteiger partial charge in [0.25, 0.3) is 11.1 Å². The molecule has 0 atom stereocenters. The van der Waals surface area contributed by atoms with E-state index in [0.29, 0.717) is 54.7 Å². The molecule has 0 unspecified atom stereocenters. The highest BCUT2D eigenvalue weighted by Gasteiger charge is 2.36. The number of fused-ring (bicyclic) bond motifs is 2. The molecule has 46 heavy (non-hydrogen) atoms. The van der Waals surface area contributed by atoms with Gasteiger partial charge in [0, 0.05) is 47.5 Å². The van der Waals surface area contributed by atoms with E-state index in [1.807, 2.05) is 42.5 Å². The number of anilines is 3. The average molecular weight is 640 g/mol. The summed E-state index contributed by atoms with van der Waals surface area (Å²) in [6.45, 7) is 2.32. The number of aromatic nitrogens is 1. The summed E-state index contributed by atoms with van der Waals surface area (Å²) in [5, 5.41) is 6.02. The molecule has 4 amide bonds. The molecule has 7 rings (SSSR count). The second kappa shape index (κ2) is 12.6. The van der Waals surface area contributed by atoms with Crippen molar-refractivity contribution in [2.24, 2.45) is 0 Å². The summed E-state index contributed by atoms with van der Waals surface area (Å²) in [7, 11) is 0. The average Bonchev–Trinajstić information content (AvgIpc) is 3.74. The molecular weight excluding hydrogens is 610 g/mol. The molecule has 3 aromatic carbocycles. The molecule has 4 aromatic rings. The predicted octanol–water partition coefficient (Wildman–Crippen LogP) is 4.52. The van der Waals surface area contributed by atoms with Crippen LogP contribution in [0.1, 0.15) is 5.56 Å². The van der Waals surface area contributed by atoms with Gasteiger partial charge in [0.1, 0.15) is 13.1 Å². The van der Waals surface area contributed by atoms with Crippen LogP contribution in [0.25, 0.3) is 17.0 Å². The van der Waals surface area contributed by atoms with Gasteiger partial charge in [0.15, 0.2) is 11.5 Å². The zero-order valence-corrected chi connectivity index (χ0v) is 25.4. The normalized spacial score (nSPS) is 16.8. The van der Waals surface area contributed by atoms with Crippen molar-refractivity contribution < 1.29 is 33.4 Å². The Labute approximate surface area is 267 Å². The molecule has 0 saturated carbocycles. The molecule has 12 nitrogen and oxygen atoms in total. The highest BCUT2D eigenvalue weighted by atomic mass is 32.2. The summed E-state index contributed by atoms with van der Waals surface area (Å²) >= 11 is 0.780. The number of carbonyl (C=O) groups is 4. The van der Waals surface area contributed by atoms with E-state index in [2.05, 4.69) is 15.5 Å². The number of amides is 4. The number of ether oxygens (including phenoxy) is 3. The van der Waals surface area contributed by atoms with Crippen LogP contribution < -0.4 is 25.0 Å². The Bertz CT molecular complexity index is 1900. The van der Waals surface area contributed by atoms with Gasteiger partial charge in [0.05, 0.1) is 29.5 Å². The molecule has 4 heterocycles. The second-order valence-electron chi connectivity index (χ2n) is 10.8. The maximum atomic E-state index is 13.4. The van der Waals surface area contributed by atoms with E-state index in [1.165, 1.54) is 0 Å². The maximum Gasteiger partial charge on any atom is 0.294 e. The number of para-hydroxylation sites is 3. The number of rotatable bonds is 8. The monoisotopic (exact) mass is 639 g/mol. The zero-order valence-electron chi connectivity index (χ0n) is 24.6. The van der Waals surface area contributed by atoms with Crippen LogP contribution in [0.2, 0.25) is 0 Å². The van der Waals surface area contributed by atoms with E-state index >= 15 is 0 Å². The fourth-order valence-electron chi connectivity index (χ4n) is 5.62. The van der Waals surface area contributed by atoms with Crippen molar-refractivity contribution in [2.75, 3.05) is 55.2 Å². The predicted molar refractivity (Wildman–Crippen MR) is 174 cm³/mol. The maximum absolute atomic E-state index is 13.4. The number of hydrogen-bond donors (Lipinski definition) is 2. The van der Waals surface area contributed by atoms with Crippen LogP contribution >= 0.6 is 11.8 Å². The Morgan fingerprint density at radius 2 is 1.63 bits per heavy atom. The highest BCUT2D eigenvalue weighted by Crippen LogP contribution is 2.36. The fraction of sp³-hybridized carbons (Fsp3) is 0.212. The molecule has 0 bridgehead atoms. The summed E-state index contributed by atoms with van der Waals surface area (Å²) in [5.74, 6) is -0.0973. The molecule has 234 valence electrons. The van der Waals surface area contributed by atoms with E-state index in [9.17, 15) is 19.2 Å². The first-order chi connectivity index (χ1) is 22.4. The van der Waals surface area contributed by atoms with E-state index in [-0.39, 0.29) is 24.2 Å². The number of carbonyl (C=O) groups excluding carboxylic acids is 4. The van der Waals surface area contributed by atoms with Crippen LogP contribution in [0.15, 0.2) is 77.8 Å². The number of thioether (sulfide) groups is 1. The third kappa shape index (κ3) is 6.02. The SMILES string of the molecule is O=C(Cn1cc(/C=C2\SC(=O)N(CC(=O)Nc3ccccc3N3CCOCC3)C2=O)c2ccccc21)Nc1ccc2c(c1)OCO2. The van der Waals surface area contributed by atoms with Gasteiger partial charge >= 0.3 is 0 Å². The summed E-state index contributed by atoms with van der Waals surface area (Å²) in [5.41, 5.74) is 3.49. The van der Waals surface area contributed by atoms with E-state index in [1.54, 1.807) is 41.1 Å². The summed E-state index contributed by atoms with van der Waals surface area (Å²) in [6, 6.07) is 20.1. The van der Waals surface area contributed by atoms with Crippen molar-refractivity contribution in [2.45, 2.75) is 6.54 Å². The van der Waals surface area contributed by atoms with Gasteiger partial charge in [-0.1, -0.05) is 30.3 Å². The van der Waals surface area contributed by atoms with Gasteiger partial charge < -0.3 is 34.3 Å². The van der Waals surface area contributed by atoms with Crippen molar-refractivity contribution in [1.29, 1.82) is 0 Å². The van der Waals surface area contributed by atoms with Gasteiger partial charge in [-0.3, -0.25) is 24.1 Å². The Hall–Kier alpha value is -5.27. The summed E-state index contributed by atoms with van der Waals surface area (Å²) < 4.78 is 17.9. The van der Waals surface area contributed by atoms with Gasteiger partial charge in [-0.15, -0.1) is 0 Å². The topological polar surface area (TPSA) is 131 Å². The van der Waals surface area contributed by atoms with Crippen LogP contribution in [-0.4, -0.2) is 72.1 Å². The summed E-state index contributed by atoms with van der Waals surface area (Å²) in [6.07, 6.45) is 3.40. The quantitative estimate of drug-likeness (QED) is 0.267. The minimum Gasteiger partial charge on any atom is -0.454 e. The third-order valence-corrected chi connectivity index (χ3v) is 8.69. The van der Waals surface area contributed by atoms with Crippen molar-refractivity contribution >= 4 is 68.8 Å². The highest BCUT2D eigenvalue weighted by molar-refractivity contribution is 8.18. The number of nitrogens with one attached hydrogen (secondary N) is 2. The third-order valence-electron chi connectivity index (χ3n) is 7.78. The molecule has 2 fully saturated rings. The Kier molecular flexibility index (Phi) is 8.07. The molecule has 0 spiro atoms. The largest absolute Gasteiger partial charge is 0.454 e. The first-order valence-electron chi connectivity index (χ1n) is 14.7. The van der Waals surface area contributed by atoms with Crippen molar-refractivity contribution in [1.82, 2.24) is 9.47 Å². The van der Waals surface area contributed by atoms with E-state index in [4.69, 9.17) is 14.2 Å². The molecule has 2 N–H and O–H groups in total. The van der Waals surface area contributed by atoms with Crippen molar-refractivity contribution in [3.63, 3.8) is 0 Å². The molecule has 0 aliphatic carbocycles. The molecular formula is C33H29N5O7S. The molecule has 0 radical (unpaired) electrons. The lowest BCUT2D eigenvalue weighted by Gasteiger charge is -2.30. The lowest BCUT2D eigenvalue weighted by atomic mass is 10.1. The number of morpholine rings is 1. The minimum atomic E-state index is -0.552. The zero-order chi connectivity index (χ0) is 31.6. The number of benzene rings is 3. The van der Waals surface area contributed by atoms with Crippen LogP contribution in [0, 0.1) is 0 Å². The van der Waals surface area contributed by atoms with Crippen molar-refractivity contribution in [3.8, 4) is 11.5 Å². The van der Waals surface area contributed by atoms with Crippen molar-refractivity contribution in [3.05, 3.63) is 83.4 Å². The van der Waals surface area contributed by atoms with E-state index in [0.717, 1.165) is 33.3 Å². The fourth-order valence-corrected chi connectivity index (χ4v) is 6.45. The van der Waals surface area contributed by atoms with Crippen LogP contribution in [0.5, 0.6) is 11.5 Å². The first-order valence-corrected chi connectivity index (χ1v) is 15.5. The lowest BCUT2D eigenvalue weighted by Crippen LogP contribution is -2.38. The Balaban J connectivity index is 1.05. The van der Waals surface area contributed by atoms with Gasteiger partial charge in [-0.05, 0) is 48.2 Å².